The summed E-state index contributed by atoms with van der Waals surface area (Å²) in [5, 5.41) is 3.83. The standard InChI is InChI=1S/C20H19F3N2O3S/c1-14-18(16-7-3-2-4-8-16)19(20(21,22)23)24-25(14)17-11-9-15(10-12-17)6-5-13-29(26,27)28/h2-4,7-12H,5-6,13H2,1H3,(H,26,27,28). The number of aryl methyl sites for hydroxylation is 1. The van der Waals surface area contributed by atoms with Crippen molar-refractivity contribution in [3.63, 3.8) is 0 Å². The molecule has 0 aliphatic heterocycles. The second-order valence-electron chi connectivity index (χ2n) is 6.64. The maximum absolute atomic E-state index is 13.6. The van der Waals surface area contributed by atoms with Crippen LogP contribution in [0.25, 0.3) is 16.8 Å². The largest absolute Gasteiger partial charge is 0.435 e. The van der Waals surface area contributed by atoms with Crippen molar-refractivity contribution in [3.05, 3.63) is 71.5 Å². The van der Waals surface area contributed by atoms with Gasteiger partial charge in [-0.25, -0.2) is 4.68 Å². The van der Waals surface area contributed by atoms with E-state index >= 15 is 0 Å². The van der Waals surface area contributed by atoms with E-state index in [4.69, 9.17) is 4.55 Å². The molecular formula is C20H19F3N2O3S. The predicted molar refractivity (Wildman–Crippen MR) is 103 cm³/mol. The minimum atomic E-state index is -4.60. The molecule has 0 unspecified atom stereocenters. The third kappa shape index (κ3) is 5.04. The van der Waals surface area contributed by atoms with Crippen molar-refractivity contribution in [2.45, 2.75) is 25.9 Å². The van der Waals surface area contributed by atoms with E-state index in [1.54, 1.807) is 61.5 Å². The van der Waals surface area contributed by atoms with Crippen LogP contribution in [0.4, 0.5) is 13.2 Å². The maximum Gasteiger partial charge on any atom is 0.435 e. The van der Waals surface area contributed by atoms with Crippen molar-refractivity contribution in [2.75, 3.05) is 5.75 Å². The molecule has 2 aromatic carbocycles. The van der Waals surface area contributed by atoms with Gasteiger partial charge in [0.15, 0.2) is 5.69 Å². The van der Waals surface area contributed by atoms with Crippen LogP contribution in [-0.2, 0) is 22.7 Å². The van der Waals surface area contributed by atoms with E-state index in [0.29, 0.717) is 23.4 Å². The van der Waals surface area contributed by atoms with Crippen LogP contribution in [0.3, 0.4) is 0 Å². The highest BCUT2D eigenvalue weighted by Crippen LogP contribution is 2.39. The number of aromatic nitrogens is 2. The van der Waals surface area contributed by atoms with Gasteiger partial charge < -0.3 is 0 Å². The zero-order valence-electron chi connectivity index (χ0n) is 15.5. The van der Waals surface area contributed by atoms with Crippen LogP contribution >= 0.6 is 0 Å². The molecular weight excluding hydrogens is 405 g/mol. The van der Waals surface area contributed by atoms with Crippen LogP contribution < -0.4 is 0 Å². The molecule has 3 rings (SSSR count). The third-order valence-electron chi connectivity index (χ3n) is 4.50. The van der Waals surface area contributed by atoms with Gasteiger partial charge in [0.05, 0.1) is 11.4 Å². The Bertz CT molecular complexity index is 1090. The lowest BCUT2D eigenvalue weighted by atomic mass is 10.0. The number of rotatable bonds is 6. The summed E-state index contributed by atoms with van der Waals surface area (Å²) in [5.41, 5.74) is 1.16. The lowest BCUT2D eigenvalue weighted by Gasteiger charge is -2.07. The topological polar surface area (TPSA) is 72.2 Å². The molecule has 29 heavy (non-hydrogen) atoms. The summed E-state index contributed by atoms with van der Waals surface area (Å²) in [7, 11) is -4.01. The Morgan fingerprint density at radius 3 is 2.21 bits per heavy atom. The molecule has 154 valence electrons. The summed E-state index contributed by atoms with van der Waals surface area (Å²) in [6.45, 7) is 1.59. The third-order valence-corrected chi connectivity index (χ3v) is 5.30. The van der Waals surface area contributed by atoms with Gasteiger partial charge in [0.1, 0.15) is 0 Å². The summed E-state index contributed by atoms with van der Waals surface area (Å²) < 4.78 is 72.4. The Morgan fingerprint density at radius 2 is 1.66 bits per heavy atom. The fourth-order valence-electron chi connectivity index (χ4n) is 3.17. The van der Waals surface area contributed by atoms with Crippen molar-refractivity contribution in [1.29, 1.82) is 0 Å². The van der Waals surface area contributed by atoms with Gasteiger partial charge in [-0.1, -0.05) is 42.5 Å². The van der Waals surface area contributed by atoms with Crippen molar-refractivity contribution in [2.24, 2.45) is 0 Å². The molecule has 1 aromatic heterocycles. The molecule has 0 atom stereocenters. The lowest BCUT2D eigenvalue weighted by Crippen LogP contribution is -2.08. The molecule has 0 spiro atoms. The molecule has 0 saturated carbocycles. The van der Waals surface area contributed by atoms with Gasteiger partial charge in [0.25, 0.3) is 10.1 Å². The Balaban J connectivity index is 1.94. The van der Waals surface area contributed by atoms with E-state index in [9.17, 15) is 21.6 Å². The zero-order valence-corrected chi connectivity index (χ0v) is 16.3. The molecule has 9 heteroatoms. The SMILES string of the molecule is Cc1c(-c2ccccc2)c(C(F)(F)F)nn1-c1ccc(CCCS(=O)(=O)O)cc1. The normalized spacial score (nSPS) is 12.3. The zero-order chi connectivity index (χ0) is 21.2. The molecule has 0 fully saturated rings. The van der Waals surface area contributed by atoms with Gasteiger partial charge in [-0.05, 0) is 43.0 Å². The van der Waals surface area contributed by atoms with Crippen molar-refractivity contribution in [1.82, 2.24) is 9.78 Å². The molecule has 0 radical (unpaired) electrons. The lowest BCUT2D eigenvalue weighted by molar-refractivity contribution is -0.140. The van der Waals surface area contributed by atoms with Gasteiger partial charge in [-0.3, -0.25) is 4.55 Å². The molecule has 0 aliphatic rings. The Morgan fingerprint density at radius 1 is 1.03 bits per heavy atom. The van der Waals surface area contributed by atoms with Gasteiger partial charge in [0, 0.05) is 11.3 Å². The van der Waals surface area contributed by atoms with Gasteiger partial charge in [0.2, 0.25) is 0 Å². The van der Waals surface area contributed by atoms with E-state index in [-0.39, 0.29) is 17.7 Å². The molecule has 3 aromatic rings. The summed E-state index contributed by atoms with van der Waals surface area (Å²) in [6.07, 6.45) is -3.94. The molecule has 0 bridgehead atoms. The van der Waals surface area contributed by atoms with E-state index in [1.807, 2.05) is 0 Å². The molecule has 0 amide bonds. The number of hydrogen-bond acceptors (Lipinski definition) is 3. The number of nitrogens with zero attached hydrogens (tertiary/aromatic N) is 2. The highest BCUT2D eigenvalue weighted by molar-refractivity contribution is 7.85. The first-order valence-corrected chi connectivity index (χ1v) is 10.4. The van der Waals surface area contributed by atoms with Gasteiger partial charge in [-0.2, -0.15) is 26.7 Å². The number of halogens is 3. The van der Waals surface area contributed by atoms with Crippen LogP contribution in [0, 0.1) is 6.92 Å². The fraction of sp³-hybridized carbons (Fsp3) is 0.250. The van der Waals surface area contributed by atoms with E-state index < -0.39 is 22.0 Å². The number of hydrogen-bond donors (Lipinski definition) is 1. The quantitative estimate of drug-likeness (QED) is 0.583. The summed E-state index contributed by atoms with van der Waals surface area (Å²) >= 11 is 0. The average molecular weight is 424 g/mol. The van der Waals surface area contributed by atoms with E-state index in [1.165, 1.54) is 4.68 Å². The fourth-order valence-corrected chi connectivity index (χ4v) is 3.67. The van der Waals surface area contributed by atoms with Crippen LogP contribution in [0.2, 0.25) is 0 Å². The van der Waals surface area contributed by atoms with Gasteiger partial charge in [-0.15, -0.1) is 0 Å². The predicted octanol–water partition coefficient (Wildman–Crippen LogP) is 4.69. The minimum Gasteiger partial charge on any atom is -0.286 e. The summed E-state index contributed by atoms with van der Waals surface area (Å²) in [4.78, 5) is 0. The Kier molecular flexibility index (Phi) is 5.81. The second kappa shape index (κ2) is 8.00. The van der Waals surface area contributed by atoms with Crippen molar-refractivity contribution >= 4 is 10.1 Å². The molecule has 0 aliphatic carbocycles. The van der Waals surface area contributed by atoms with Crippen molar-refractivity contribution in [3.8, 4) is 16.8 Å². The first-order chi connectivity index (χ1) is 13.6. The van der Waals surface area contributed by atoms with Crippen LogP contribution in [0.1, 0.15) is 23.4 Å². The van der Waals surface area contributed by atoms with Crippen LogP contribution in [0.5, 0.6) is 0 Å². The van der Waals surface area contributed by atoms with E-state index in [2.05, 4.69) is 5.10 Å². The average Bonchev–Trinajstić information content (AvgIpc) is 3.00. The summed E-state index contributed by atoms with van der Waals surface area (Å²) in [5.74, 6) is -0.345. The second-order valence-corrected chi connectivity index (χ2v) is 8.21. The highest BCUT2D eigenvalue weighted by atomic mass is 32.2. The monoisotopic (exact) mass is 424 g/mol. The maximum atomic E-state index is 13.6. The highest BCUT2D eigenvalue weighted by Gasteiger charge is 2.39. The number of alkyl halides is 3. The van der Waals surface area contributed by atoms with E-state index in [0.717, 1.165) is 5.56 Å². The van der Waals surface area contributed by atoms with Crippen LogP contribution in [0.15, 0.2) is 54.6 Å². The van der Waals surface area contributed by atoms with Crippen LogP contribution in [-0.4, -0.2) is 28.5 Å². The van der Waals surface area contributed by atoms with Gasteiger partial charge >= 0.3 is 6.18 Å². The first-order valence-electron chi connectivity index (χ1n) is 8.83. The minimum absolute atomic E-state index is 0.0373. The molecule has 5 nitrogen and oxygen atoms in total. The van der Waals surface area contributed by atoms with Crippen molar-refractivity contribution < 1.29 is 26.1 Å². The smallest absolute Gasteiger partial charge is 0.286 e. The first kappa shape index (κ1) is 21.1. The molecule has 0 saturated heterocycles. The summed E-state index contributed by atoms with van der Waals surface area (Å²) in [6, 6.07) is 15.0. The Hall–Kier alpha value is -2.65. The number of benzene rings is 2. The Labute approximate surface area is 166 Å². The molecule has 1 heterocycles. The molecule has 1 N–H and O–H groups in total.